The lowest BCUT2D eigenvalue weighted by Gasteiger charge is -2.36. The van der Waals surface area contributed by atoms with Crippen molar-refractivity contribution in [1.29, 1.82) is 0 Å². The minimum absolute atomic E-state index is 0.00427. The first kappa shape index (κ1) is 16.1. The normalized spacial score (nSPS) is 17.8. The second kappa shape index (κ2) is 5.29. The van der Waals surface area contributed by atoms with Crippen LogP contribution in [0.1, 0.15) is 30.4 Å². The number of hydrogen-bond donors (Lipinski definition) is 2. The Labute approximate surface area is 145 Å². The molecular weight excluding hydrogens is 343 g/mol. The van der Waals surface area contributed by atoms with Crippen LogP contribution in [0.5, 0.6) is 0 Å². The summed E-state index contributed by atoms with van der Waals surface area (Å²) < 4.78 is 40.6. The van der Waals surface area contributed by atoms with Crippen molar-refractivity contribution in [3.63, 3.8) is 0 Å². The lowest BCUT2D eigenvalue weighted by molar-refractivity contribution is -0.123. The molecule has 7 heteroatoms. The van der Waals surface area contributed by atoms with Gasteiger partial charge < -0.3 is 5.32 Å². The van der Waals surface area contributed by atoms with Gasteiger partial charge in [-0.25, -0.2) is 12.8 Å². The van der Waals surface area contributed by atoms with Crippen molar-refractivity contribution in [3.05, 3.63) is 53.3 Å². The fourth-order valence-corrected chi connectivity index (χ4v) is 4.64. The van der Waals surface area contributed by atoms with Gasteiger partial charge in [0.2, 0.25) is 5.91 Å². The summed E-state index contributed by atoms with van der Waals surface area (Å²) in [7, 11) is -3.83. The van der Waals surface area contributed by atoms with Crippen molar-refractivity contribution in [1.82, 2.24) is 0 Å². The molecule has 5 nitrogen and oxygen atoms in total. The zero-order valence-corrected chi connectivity index (χ0v) is 14.4. The Bertz CT molecular complexity index is 980. The molecule has 1 aliphatic heterocycles. The van der Waals surface area contributed by atoms with Gasteiger partial charge in [0.25, 0.3) is 10.0 Å². The third kappa shape index (κ3) is 2.41. The maximum atomic E-state index is 13.0. The number of benzene rings is 2. The van der Waals surface area contributed by atoms with Crippen LogP contribution in [0.2, 0.25) is 0 Å². The summed E-state index contributed by atoms with van der Waals surface area (Å²) in [5.74, 6) is -0.501. The molecule has 130 valence electrons. The van der Waals surface area contributed by atoms with Gasteiger partial charge in [0.15, 0.2) is 0 Å². The monoisotopic (exact) mass is 360 g/mol. The van der Waals surface area contributed by atoms with Crippen molar-refractivity contribution in [2.45, 2.75) is 36.5 Å². The predicted molar refractivity (Wildman–Crippen MR) is 92.5 cm³/mol. The molecule has 0 atom stereocenters. The Hall–Kier alpha value is -2.41. The van der Waals surface area contributed by atoms with Crippen LogP contribution < -0.4 is 10.0 Å². The number of fused-ring (bicyclic) bond motifs is 2. The molecule has 2 N–H and O–H groups in total. The first-order valence-electron chi connectivity index (χ1n) is 8.07. The topological polar surface area (TPSA) is 75.3 Å². The summed E-state index contributed by atoms with van der Waals surface area (Å²) in [6.45, 7) is 1.84. The minimum atomic E-state index is -3.83. The fourth-order valence-electron chi connectivity index (χ4n) is 3.60. The van der Waals surface area contributed by atoms with E-state index in [0.29, 0.717) is 5.69 Å². The van der Waals surface area contributed by atoms with E-state index in [1.54, 1.807) is 12.1 Å². The molecular formula is C18H17FN2O3S. The lowest BCUT2D eigenvalue weighted by atomic mass is 9.65. The molecule has 2 aromatic rings. The third-order valence-corrected chi connectivity index (χ3v) is 6.50. The Morgan fingerprint density at radius 2 is 1.84 bits per heavy atom. The van der Waals surface area contributed by atoms with E-state index in [-0.39, 0.29) is 10.8 Å². The van der Waals surface area contributed by atoms with Crippen molar-refractivity contribution in [2.75, 3.05) is 10.0 Å². The molecule has 25 heavy (non-hydrogen) atoms. The van der Waals surface area contributed by atoms with Gasteiger partial charge in [-0.2, -0.15) is 0 Å². The van der Waals surface area contributed by atoms with Crippen LogP contribution >= 0.6 is 0 Å². The maximum Gasteiger partial charge on any atom is 0.261 e. The molecule has 4 rings (SSSR count). The largest absolute Gasteiger partial charge is 0.325 e. The Morgan fingerprint density at radius 1 is 1.16 bits per heavy atom. The number of carbonyl (C=O) groups is 1. The molecule has 1 amide bonds. The molecule has 0 unspecified atom stereocenters. The smallest absolute Gasteiger partial charge is 0.261 e. The second-order valence-corrected chi connectivity index (χ2v) is 8.35. The molecule has 1 fully saturated rings. The summed E-state index contributed by atoms with van der Waals surface area (Å²) in [5, 5.41) is 2.93. The van der Waals surface area contributed by atoms with E-state index < -0.39 is 21.3 Å². The van der Waals surface area contributed by atoms with E-state index >= 15 is 0 Å². The van der Waals surface area contributed by atoms with Crippen LogP contribution in [0.25, 0.3) is 0 Å². The van der Waals surface area contributed by atoms with Gasteiger partial charge in [0.1, 0.15) is 5.82 Å². The summed E-state index contributed by atoms with van der Waals surface area (Å²) in [6.07, 6.45) is 2.54. The first-order chi connectivity index (χ1) is 11.8. The number of amides is 1. The molecule has 1 saturated carbocycles. The first-order valence-corrected chi connectivity index (χ1v) is 9.55. The molecule has 2 aromatic carbocycles. The highest BCUT2D eigenvalue weighted by Crippen LogP contribution is 2.52. The van der Waals surface area contributed by atoms with Gasteiger partial charge in [-0.3, -0.25) is 9.52 Å². The van der Waals surface area contributed by atoms with Gasteiger partial charge in [-0.15, -0.1) is 0 Å². The third-order valence-electron chi connectivity index (χ3n) is 5.11. The van der Waals surface area contributed by atoms with E-state index in [9.17, 15) is 17.6 Å². The van der Waals surface area contributed by atoms with Gasteiger partial charge in [-0.05, 0) is 67.3 Å². The van der Waals surface area contributed by atoms with Crippen molar-refractivity contribution in [3.8, 4) is 0 Å². The number of carbonyl (C=O) groups excluding carboxylic acids is 1. The molecule has 0 radical (unpaired) electrons. The summed E-state index contributed by atoms with van der Waals surface area (Å²) in [6, 6.07) is 8.08. The Morgan fingerprint density at radius 3 is 2.44 bits per heavy atom. The van der Waals surface area contributed by atoms with Crippen LogP contribution in [0.3, 0.4) is 0 Å². The molecule has 1 aliphatic carbocycles. The van der Waals surface area contributed by atoms with Gasteiger partial charge >= 0.3 is 0 Å². The highest BCUT2D eigenvalue weighted by atomic mass is 32.2. The minimum Gasteiger partial charge on any atom is -0.325 e. The van der Waals surface area contributed by atoms with Crippen molar-refractivity contribution >= 4 is 27.3 Å². The van der Waals surface area contributed by atoms with E-state index in [2.05, 4.69) is 10.0 Å². The van der Waals surface area contributed by atoms with Crippen molar-refractivity contribution < 1.29 is 17.6 Å². The van der Waals surface area contributed by atoms with E-state index in [1.165, 1.54) is 12.1 Å². The highest BCUT2D eigenvalue weighted by molar-refractivity contribution is 7.92. The average molecular weight is 360 g/mol. The fraction of sp³-hybridized carbons (Fsp3) is 0.278. The number of aryl methyl sites for hydroxylation is 1. The number of nitrogens with one attached hydrogen (secondary N) is 2. The second-order valence-electron chi connectivity index (χ2n) is 6.66. The standard InChI is InChI=1S/C18H17FN2O3S/c1-11-9-13(21-25(23,24)14-5-3-12(19)4-6-14)10-15-16(11)20-17(22)18(15)7-2-8-18/h3-6,9-10,21H,2,7-8H2,1H3,(H,20,22). The molecule has 2 aliphatic rings. The van der Waals surface area contributed by atoms with E-state index in [0.717, 1.165) is 48.2 Å². The Balaban J connectivity index is 1.72. The molecule has 0 saturated heterocycles. The number of rotatable bonds is 3. The number of anilines is 2. The van der Waals surface area contributed by atoms with Gasteiger partial charge in [0.05, 0.1) is 10.3 Å². The lowest BCUT2D eigenvalue weighted by Crippen LogP contribution is -2.40. The number of halogens is 1. The van der Waals surface area contributed by atoms with E-state index in [4.69, 9.17) is 0 Å². The summed E-state index contributed by atoms with van der Waals surface area (Å²) >= 11 is 0. The summed E-state index contributed by atoms with van der Waals surface area (Å²) in [5.41, 5.74) is 2.35. The molecule has 1 spiro atoms. The highest BCUT2D eigenvalue weighted by Gasteiger charge is 2.51. The van der Waals surface area contributed by atoms with Crippen LogP contribution in [0, 0.1) is 12.7 Å². The molecule has 0 aromatic heterocycles. The summed E-state index contributed by atoms with van der Waals surface area (Å²) in [4.78, 5) is 12.3. The van der Waals surface area contributed by atoms with E-state index in [1.807, 2.05) is 6.92 Å². The maximum absolute atomic E-state index is 13.0. The van der Waals surface area contributed by atoms with Gasteiger partial charge in [0, 0.05) is 11.4 Å². The number of sulfonamides is 1. The van der Waals surface area contributed by atoms with Crippen LogP contribution in [-0.4, -0.2) is 14.3 Å². The zero-order valence-electron chi connectivity index (χ0n) is 13.6. The SMILES string of the molecule is Cc1cc(NS(=O)(=O)c2ccc(F)cc2)cc2c1NC(=O)C21CCC1. The van der Waals surface area contributed by atoms with Gasteiger partial charge in [-0.1, -0.05) is 6.42 Å². The molecule has 0 bridgehead atoms. The predicted octanol–water partition coefficient (Wildman–Crippen LogP) is 3.31. The van der Waals surface area contributed by atoms with Crippen molar-refractivity contribution in [2.24, 2.45) is 0 Å². The molecule has 1 heterocycles. The number of hydrogen-bond acceptors (Lipinski definition) is 3. The van der Waals surface area contributed by atoms with Crippen LogP contribution in [0.4, 0.5) is 15.8 Å². The van der Waals surface area contributed by atoms with Crippen LogP contribution in [-0.2, 0) is 20.2 Å². The van der Waals surface area contributed by atoms with Crippen LogP contribution in [0.15, 0.2) is 41.3 Å². The zero-order chi connectivity index (χ0) is 17.8. The quantitative estimate of drug-likeness (QED) is 0.882. The average Bonchev–Trinajstić information content (AvgIpc) is 2.80. The Kier molecular flexibility index (Phi) is 3.40.